The van der Waals surface area contributed by atoms with Crippen molar-refractivity contribution < 1.29 is 9.59 Å². The molecular weight excluding hydrogens is 262 g/mol. The number of ketones is 2. The van der Waals surface area contributed by atoms with E-state index in [0.29, 0.717) is 11.1 Å². The molecule has 0 spiro atoms. The van der Waals surface area contributed by atoms with Gasteiger partial charge in [0.25, 0.3) is 0 Å². The molecule has 21 heavy (non-hydrogen) atoms. The molecule has 0 fully saturated rings. The van der Waals surface area contributed by atoms with Gasteiger partial charge in [-0.15, -0.1) is 0 Å². The van der Waals surface area contributed by atoms with Crippen LogP contribution in [0.5, 0.6) is 0 Å². The lowest BCUT2D eigenvalue weighted by molar-refractivity contribution is 0.100. The lowest BCUT2D eigenvalue weighted by Gasteiger charge is -2.10. The average molecular weight is 279 g/mol. The summed E-state index contributed by atoms with van der Waals surface area (Å²) in [5, 5.41) is 0. The van der Waals surface area contributed by atoms with Crippen LogP contribution < -0.4 is 0 Å². The van der Waals surface area contributed by atoms with Crippen molar-refractivity contribution in [2.75, 3.05) is 7.05 Å². The lowest BCUT2D eigenvalue weighted by Crippen LogP contribution is -2.09. The Morgan fingerprint density at radius 2 is 1.29 bits per heavy atom. The van der Waals surface area contributed by atoms with Crippen LogP contribution in [0.15, 0.2) is 53.5 Å². The molecule has 0 aromatic heterocycles. The standard InChI is InChI=1S/C18H17NO2/c1-12(20)14-8-10-15(11-9-14)18(19-3)17-7-5-4-6-16(17)13(2)21/h4-11H,1-3H3. The zero-order valence-electron chi connectivity index (χ0n) is 12.4. The van der Waals surface area contributed by atoms with Gasteiger partial charge in [0.15, 0.2) is 11.6 Å². The third-order valence-electron chi connectivity index (χ3n) is 3.35. The number of hydrogen-bond donors (Lipinski definition) is 0. The quantitative estimate of drug-likeness (QED) is 0.634. The van der Waals surface area contributed by atoms with Crippen LogP contribution in [0.3, 0.4) is 0 Å². The first-order valence-electron chi connectivity index (χ1n) is 6.73. The van der Waals surface area contributed by atoms with E-state index in [1.165, 1.54) is 6.92 Å². The van der Waals surface area contributed by atoms with Gasteiger partial charge in [-0.1, -0.05) is 48.5 Å². The fourth-order valence-corrected chi connectivity index (χ4v) is 2.26. The Bertz CT molecular complexity index is 712. The zero-order valence-corrected chi connectivity index (χ0v) is 12.4. The van der Waals surface area contributed by atoms with E-state index in [-0.39, 0.29) is 11.6 Å². The molecule has 0 saturated heterocycles. The van der Waals surface area contributed by atoms with Crippen LogP contribution >= 0.6 is 0 Å². The highest BCUT2D eigenvalue weighted by atomic mass is 16.1. The third kappa shape index (κ3) is 3.14. The smallest absolute Gasteiger partial charge is 0.160 e. The molecule has 0 heterocycles. The highest BCUT2D eigenvalue weighted by Gasteiger charge is 2.13. The molecule has 3 heteroatoms. The monoisotopic (exact) mass is 279 g/mol. The molecule has 0 aliphatic heterocycles. The summed E-state index contributed by atoms with van der Waals surface area (Å²) in [6, 6.07) is 14.7. The van der Waals surface area contributed by atoms with Crippen molar-refractivity contribution in [3.8, 4) is 0 Å². The molecule has 2 rings (SSSR count). The van der Waals surface area contributed by atoms with Crippen molar-refractivity contribution in [1.82, 2.24) is 0 Å². The van der Waals surface area contributed by atoms with Gasteiger partial charge in [0, 0.05) is 29.3 Å². The van der Waals surface area contributed by atoms with Gasteiger partial charge in [-0.3, -0.25) is 14.6 Å². The van der Waals surface area contributed by atoms with Gasteiger partial charge < -0.3 is 0 Å². The molecule has 0 radical (unpaired) electrons. The molecule has 0 aliphatic carbocycles. The molecule has 0 saturated carbocycles. The number of nitrogens with zero attached hydrogens (tertiary/aromatic N) is 1. The number of carbonyl (C=O) groups is 2. The average Bonchev–Trinajstić information content (AvgIpc) is 2.49. The Balaban J connectivity index is 2.51. The molecule has 2 aromatic rings. The van der Waals surface area contributed by atoms with Crippen LogP contribution in [0.1, 0.15) is 45.7 Å². The zero-order chi connectivity index (χ0) is 15.4. The number of rotatable bonds is 4. The van der Waals surface area contributed by atoms with Crippen LogP contribution in [0.4, 0.5) is 0 Å². The normalized spacial score (nSPS) is 11.3. The second-order valence-corrected chi connectivity index (χ2v) is 4.81. The van der Waals surface area contributed by atoms with E-state index in [0.717, 1.165) is 16.8 Å². The van der Waals surface area contributed by atoms with Crippen molar-refractivity contribution in [2.24, 2.45) is 4.99 Å². The lowest BCUT2D eigenvalue weighted by atomic mass is 9.95. The van der Waals surface area contributed by atoms with Crippen LogP contribution in [-0.4, -0.2) is 24.3 Å². The van der Waals surface area contributed by atoms with E-state index in [1.807, 2.05) is 30.3 Å². The van der Waals surface area contributed by atoms with Crippen LogP contribution in [0, 0.1) is 0 Å². The number of hydrogen-bond acceptors (Lipinski definition) is 3. The van der Waals surface area contributed by atoms with Crippen molar-refractivity contribution in [1.29, 1.82) is 0 Å². The van der Waals surface area contributed by atoms with Gasteiger partial charge in [0.1, 0.15) is 0 Å². The van der Waals surface area contributed by atoms with Gasteiger partial charge in [-0.25, -0.2) is 0 Å². The summed E-state index contributed by atoms with van der Waals surface area (Å²) in [6.07, 6.45) is 0. The first-order valence-corrected chi connectivity index (χ1v) is 6.73. The summed E-state index contributed by atoms with van der Waals surface area (Å²) in [5.74, 6) is 0.0350. The van der Waals surface area contributed by atoms with Crippen LogP contribution in [0.25, 0.3) is 0 Å². The predicted molar refractivity (Wildman–Crippen MR) is 84.5 cm³/mol. The molecule has 2 aromatic carbocycles. The van der Waals surface area contributed by atoms with Gasteiger partial charge in [0.2, 0.25) is 0 Å². The van der Waals surface area contributed by atoms with E-state index < -0.39 is 0 Å². The molecule has 3 nitrogen and oxygen atoms in total. The fraction of sp³-hybridized carbons (Fsp3) is 0.167. The summed E-state index contributed by atoms with van der Waals surface area (Å²) >= 11 is 0. The van der Waals surface area contributed by atoms with E-state index in [2.05, 4.69) is 4.99 Å². The summed E-state index contributed by atoms with van der Waals surface area (Å²) in [5.41, 5.74) is 3.75. The van der Waals surface area contributed by atoms with Gasteiger partial charge >= 0.3 is 0 Å². The van der Waals surface area contributed by atoms with Crippen molar-refractivity contribution in [2.45, 2.75) is 13.8 Å². The maximum absolute atomic E-state index is 11.8. The Morgan fingerprint density at radius 1 is 0.762 bits per heavy atom. The van der Waals surface area contributed by atoms with E-state index in [4.69, 9.17) is 0 Å². The second-order valence-electron chi connectivity index (χ2n) is 4.81. The minimum Gasteiger partial charge on any atom is -0.295 e. The van der Waals surface area contributed by atoms with Crippen molar-refractivity contribution in [3.05, 3.63) is 70.8 Å². The first kappa shape index (κ1) is 14.9. The topological polar surface area (TPSA) is 46.5 Å². The van der Waals surface area contributed by atoms with E-state index >= 15 is 0 Å². The summed E-state index contributed by atoms with van der Waals surface area (Å²) in [7, 11) is 1.70. The Kier molecular flexibility index (Phi) is 4.43. The number of carbonyl (C=O) groups excluding carboxylic acids is 2. The van der Waals surface area contributed by atoms with Crippen LogP contribution in [-0.2, 0) is 0 Å². The fourth-order valence-electron chi connectivity index (χ4n) is 2.26. The maximum Gasteiger partial charge on any atom is 0.160 e. The molecule has 0 atom stereocenters. The van der Waals surface area contributed by atoms with Gasteiger partial charge in [-0.2, -0.15) is 0 Å². The Labute approximate surface area is 124 Å². The van der Waals surface area contributed by atoms with Crippen molar-refractivity contribution >= 4 is 17.3 Å². The third-order valence-corrected chi connectivity index (χ3v) is 3.35. The van der Waals surface area contributed by atoms with E-state index in [1.54, 1.807) is 32.2 Å². The molecule has 106 valence electrons. The summed E-state index contributed by atoms with van der Waals surface area (Å²) in [4.78, 5) is 27.4. The molecule has 0 aliphatic rings. The van der Waals surface area contributed by atoms with Crippen LogP contribution in [0.2, 0.25) is 0 Å². The second kappa shape index (κ2) is 6.27. The minimum atomic E-state index is 0.00658. The van der Waals surface area contributed by atoms with E-state index in [9.17, 15) is 9.59 Å². The maximum atomic E-state index is 11.8. The number of Topliss-reactive ketones (excluding diaryl/α,β-unsaturated/α-hetero) is 2. The first-order chi connectivity index (χ1) is 10.0. The number of aliphatic imine (C=N–C) groups is 1. The highest BCUT2D eigenvalue weighted by molar-refractivity contribution is 6.18. The predicted octanol–water partition coefficient (Wildman–Crippen LogP) is 3.56. The number of benzene rings is 2. The minimum absolute atomic E-state index is 0.00658. The Hall–Kier alpha value is -2.55. The summed E-state index contributed by atoms with van der Waals surface area (Å²) < 4.78 is 0. The largest absolute Gasteiger partial charge is 0.295 e. The molecule has 0 amide bonds. The molecule has 0 N–H and O–H groups in total. The summed E-state index contributed by atoms with van der Waals surface area (Å²) in [6.45, 7) is 3.08. The van der Waals surface area contributed by atoms with Gasteiger partial charge in [-0.05, 0) is 13.8 Å². The molecule has 0 unspecified atom stereocenters. The molecule has 0 bridgehead atoms. The van der Waals surface area contributed by atoms with Crippen molar-refractivity contribution in [3.63, 3.8) is 0 Å². The highest BCUT2D eigenvalue weighted by Crippen LogP contribution is 2.17. The van der Waals surface area contributed by atoms with Gasteiger partial charge in [0.05, 0.1) is 5.71 Å². The molecular formula is C18H17NO2. The SMILES string of the molecule is CN=C(c1ccc(C(C)=O)cc1)c1ccccc1C(C)=O. The Morgan fingerprint density at radius 3 is 1.76 bits per heavy atom.